The summed E-state index contributed by atoms with van der Waals surface area (Å²) >= 11 is 11.9. The summed E-state index contributed by atoms with van der Waals surface area (Å²) in [6, 6.07) is 8.51. The summed E-state index contributed by atoms with van der Waals surface area (Å²) in [7, 11) is 0. The van der Waals surface area contributed by atoms with Crippen LogP contribution in [0.1, 0.15) is 22.8 Å². The van der Waals surface area contributed by atoms with Crippen molar-refractivity contribution < 1.29 is 14.0 Å². The first-order chi connectivity index (χ1) is 12.3. The summed E-state index contributed by atoms with van der Waals surface area (Å²) in [5.74, 6) is -1.09. The molecule has 3 rings (SSSR count). The molecule has 0 spiro atoms. The summed E-state index contributed by atoms with van der Waals surface area (Å²) in [6.07, 6.45) is 0. The molecule has 0 radical (unpaired) electrons. The van der Waals surface area contributed by atoms with Gasteiger partial charge in [-0.1, -0.05) is 29.3 Å². The van der Waals surface area contributed by atoms with Gasteiger partial charge in [-0.2, -0.15) is 0 Å². The van der Waals surface area contributed by atoms with Crippen molar-refractivity contribution in [3.8, 4) is 0 Å². The maximum atomic E-state index is 14.2. The number of halogens is 3. The van der Waals surface area contributed by atoms with Gasteiger partial charge in [0.2, 0.25) is 5.91 Å². The van der Waals surface area contributed by atoms with Crippen LogP contribution in [-0.4, -0.2) is 35.8 Å². The quantitative estimate of drug-likeness (QED) is 0.760. The largest absolute Gasteiger partial charge is 0.325 e. The first-order valence-electron chi connectivity index (χ1n) is 8.13. The van der Waals surface area contributed by atoms with Crippen LogP contribution in [0.4, 0.5) is 10.1 Å². The number of carbonyl (C=O) groups excluding carboxylic acids is 2. The van der Waals surface area contributed by atoms with E-state index in [-0.39, 0.29) is 29.1 Å². The number of carbonyl (C=O) groups is 2. The Morgan fingerprint density at radius 3 is 2.54 bits per heavy atom. The lowest BCUT2D eigenvalue weighted by molar-refractivity contribution is -0.124. The molecule has 1 heterocycles. The summed E-state index contributed by atoms with van der Waals surface area (Å²) in [5, 5.41) is 0.629. The number of aryl methyl sites for hydroxylation is 1. The lowest BCUT2D eigenvalue weighted by Crippen LogP contribution is -2.58. The summed E-state index contributed by atoms with van der Waals surface area (Å²) in [4.78, 5) is 28.4. The summed E-state index contributed by atoms with van der Waals surface area (Å²) in [6.45, 7) is 3.98. The van der Waals surface area contributed by atoms with Crippen molar-refractivity contribution in [3.63, 3.8) is 0 Å². The van der Waals surface area contributed by atoms with Crippen molar-refractivity contribution in [1.29, 1.82) is 0 Å². The Hall–Kier alpha value is -2.11. The predicted molar refractivity (Wildman–Crippen MR) is 100 cm³/mol. The second kappa shape index (κ2) is 7.25. The number of hydrogen-bond acceptors (Lipinski definition) is 2. The molecule has 0 aliphatic carbocycles. The van der Waals surface area contributed by atoms with Crippen molar-refractivity contribution >= 4 is 40.7 Å². The van der Waals surface area contributed by atoms with Gasteiger partial charge >= 0.3 is 0 Å². The summed E-state index contributed by atoms with van der Waals surface area (Å²) in [5.41, 5.74) is 1.45. The molecule has 1 atom stereocenters. The van der Waals surface area contributed by atoms with Gasteiger partial charge < -0.3 is 9.80 Å². The lowest BCUT2D eigenvalue weighted by atomic mass is 10.1. The van der Waals surface area contributed by atoms with Crippen LogP contribution in [0.2, 0.25) is 10.0 Å². The van der Waals surface area contributed by atoms with Gasteiger partial charge in [-0.15, -0.1) is 0 Å². The molecule has 0 unspecified atom stereocenters. The molecule has 4 nitrogen and oxygen atoms in total. The normalized spacial score (nSPS) is 17.6. The van der Waals surface area contributed by atoms with E-state index in [1.807, 2.05) is 6.92 Å². The molecule has 1 saturated heterocycles. The highest BCUT2D eigenvalue weighted by Gasteiger charge is 2.36. The van der Waals surface area contributed by atoms with Crippen LogP contribution in [0.15, 0.2) is 36.4 Å². The van der Waals surface area contributed by atoms with Crippen molar-refractivity contribution in [2.45, 2.75) is 19.9 Å². The van der Waals surface area contributed by atoms with E-state index in [1.165, 1.54) is 21.9 Å². The smallest absolute Gasteiger partial charge is 0.254 e. The molecule has 1 fully saturated rings. The molecule has 26 heavy (non-hydrogen) atoms. The molecule has 1 aliphatic rings. The zero-order chi connectivity index (χ0) is 19.0. The molecule has 0 bridgehead atoms. The lowest BCUT2D eigenvalue weighted by Gasteiger charge is -2.39. The second-order valence-corrected chi connectivity index (χ2v) is 7.06. The minimum atomic E-state index is -0.717. The number of nitrogens with zero attached hydrogens (tertiary/aromatic N) is 2. The Kier molecular flexibility index (Phi) is 5.21. The average molecular weight is 395 g/mol. The van der Waals surface area contributed by atoms with Gasteiger partial charge in [0.25, 0.3) is 5.91 Å². The molecule has 2 amide bonds. The van der Waals surface area contributed by atoms with Gasteiger partial charge in [0.05, 0.1) is 15.7 Å². The zero-order valence-corrected chi connectivity index (χ0v) is 15.8. The van der Waals surface area contributed by atoms with E-state index in [1.54, 1.807) is 31.2 Å². The van der Waals surface area contributed by atoms with Crippen molar-refractivity contribution in [2.75, 3.05) is 18.0 Å². The van der Waals surface area contributed by atoms with Crippen LogP contribution in [-0.2, 0) is 4.79 Å². The standard InChI is InChI=1S/C19H17Cl2FN2O2/c1-11-3-6-16(22)17(9-11)24-8-7-23(12(2)18(24)25)19(26)13-4-5-14(20)15(21)10-13/h3-6,9-10,12H,7-8H2,1-2H3/t12-/m0/s1. The fraction of sp³-hybridized carbons (Fsp3) is 0.263. The van der Waals surface area contributed by atoms with E-state index >= 15 is 0 Å². The Morgan fingerprint density at radius 2 is 1.85 bits per heavy atom. The van der Waals surface area contributed by atoms with Gasteiger partial charge in [0, 0.05) is 18.7 Å². The van der Waals surface area contributed by atoms with Crippen molar-refractivity contribution in [1.82, 2.24) is 4.90 Å². The van der Waals surface area contributed by atoms with E-state index in [0.717, 1.165) is 5.56 Å². The van der Waals surface area contributed by atoms with Gasteiger partial charge in [0.1, 0.15) is 11.9 Å². The zero-order valence-electron chi connectivity index (χ0n) is 14.3. The molecular weight excluding hydrogens is 378 g/mol. The molecular formula is C19H17Cl2FN2O2. The molecule has 2 aromatic carbocycles. The maximum absolute atomic E-state index is 14.2. The SMILES string of the molecule is Cc1ccc(F)c(N2CCN(C(=O)c3ccc(Cl)c(Cl)c3)[C@@H](C)C2=O)c1. The maximum Gasteiger partial charge on any atom is 0.254 e. The third kappa shape index (κ3) is 3.41. The minimum absolute atomic E-state index is 0.219. The molecule has 2 aromatic rings. The number of anilines is 1. The molecule has 1 aliphatic heterocycles. The third-order valence-electron chi connectivity index (χ3n) is 4.48. The highest BCUT2D eigenvalue weighted by Crippen LogP contribution is 2.27. The molecule has 7 heteroatoms. The van der Waals surface area contributed by atoms with Gasteiger partial charge in [-0.05, 0) is 49.7 Å². The van der Waals surface area contributed by atoms with Crippen LogP contribution in [0, 0.1) is 12.7 Å². The number of hydrogen-bond donors (Lipinski definition) is 0. The Bertz CT molecular complexity index is 888. The van der Waals surface area contributed by atoms with Crippen LogP contribution >= 0.6 is 23.2 Å². The minimum Gasteiger partial charge on any atom is -0.325 e. The fourth-order valence-corrected chi connectivity index (χ4v) is 3.31. The third-order valence-corrected chi connectivity index (χ3v) is 5.21. The second-order valence-electron chi connectivity index (χ2n) is 6.25. The van der Waals surface area contributed by atoms with Crippen LogP contribution in [0.3, 0.4) is 0 Å². The van der Waals surface area contributed by atoms with E-state index < -0.39 is 11.9 Å². The average Bonchev–Trinajstić information content (AvgIpc) is 2.61. The van der Waals surface area contributed by atoms with Gasteiger partial charge in [0.15, 0.2) is 0 Å². The number of rotatable bonds is 2. The van der Waals surface area contributed by atoms with Gasteiger partial charge in [-0.25, -0.2) is 4.39 Å². The Balaban J connectivity index is 1.84. The Labute approximate surface area is 161 Å². The van der Waals surface area contributed by atoms with Gasteiger partial charge in [-0.3, -0.25) is 9.59 Å². The number of piperazine rings is 1. The summed E-state index contributed by atoms with van der Waals surface area (Å²) < 4.78 is 14.2. The molecule has 0 aromatic heterocycles. The van der Waals surface area contributed by atoms with E-state index in [0.29, 0.717) is 17.1 Å². The van der Waals surface area contributed by atoms with E-state index in [9.17, 15) is 14.0 Å². The topological polar surface area (TPSA) is 40.6 Å². The molecule has 0 N–H and O–H groups in total. The van der Waals surface area contributed by atoms with Crippen LogP contribution in [0.5, 0.6) is 0 Å². The van der Waals surface area contributed by atoms with Crippen molar-refractivity contribution in [2.24, 2.45) is 0 Å². The Morgan fingerprint density at radius 1 is 1.12 bits per heavy atom. The first kappa shape index (κ1) is 18.7. The van der Waals surface area contributed by atoms with E-state index in [4.69, 9.17) is 23.2 Å². The molecule has 136 valence electrons. The van der Waals surface area contributed by atoms with Crippen LogP contribution < -0.4 is 4.90 Å². The predicted octanol–water partition coefficient (Wildman–Crippen LogP) is 4.32. The molecule has 0 saturated carbocycles. The highest BCUT2D eigenvalue weighted by atomic mass is 35.5. The van der Waals surface area contributed by atoms with E-state index in [2.05, 4.69) is 0 Å². The monoisotopic (exact) mass is 394 g/mol. The highest BCUT2D eigenvalue weighted by molar-refractivity contribution is 6.42. The number of amides is 2. The first-order valence-corrected chi connectivity index (χ1v) is 8.88. The fourth-order valence-electron chi connectivity index (χ4n) is 3.01. The van der Waals surface area contributed by atoms with Crippen LogP contribution in [0.25, 0.3) is 0 Å². The van der Waals surface area contributed by atoms with Crippen molar-refractivity contribution in [3.05, 3.63) is 63.4 Å². The number of benzene rings is 2.